The molecule has 3 aromatic rings. The van der Waals surface area contributed by atoms with Crippen molar-refractivity contribution in [3.05, 3.63) is 52.7 Å². The third-order valence-corrected chi connectivity index (χ3v) is 7.07. The van der Waals surface area contributed by atoms with Gasteiger partial charge in [-0.3, -0.25) is 9.59 Å². The van der Waals surface area contributed by atoms with Crippen LogP contribution in [-0.2, 0) is 4.79 Å². The van der Waals surface area contributed by atoms with E-state index in [0.717, 1.165) is 17.1 Å². The molecule has 1 aliphatic heterocycles. The molecular weight excluding hydrogens is 490 g/mol. The normalized spacial score (nSPS) is 13.5. The summed E-state index contributed by atoms with van der Waals surface area (Å²) in [5.74, 6) is 2.22. The van der Waals surface area contributed by atoms with Gasteiger partial charge in [-0.1, -0.05) is 19.9 Å². The molecule has 0 aliphatic carbocycles. The molecule has 4 rings (SSSR count). The predicted octanol–water partition coefficient (Wildman–Crippen LogP) is 3.67. The number of hydrogen-bond donors (Lipinski definition) is 0. The summed E-state index contributed by atoms with van der Waals surface area (Å²) in [5.41, 5.74) is 1.62. The van der Waals surface area contributed by atoms with E-state index in [-0.39, 0.29) is 24.3 Å². The Morgan fingerprint density at radius 3 is 2.35 bits per heavy atom. The van der Waals surface area contributed by atoms with Crippen molar-refractivity contribution in [2.45, 2.75) is 13.8 Å². The Balaban J connectivity index is 1.35. The van der Waals surface area contributed by atoms with Crippen LogP contribution in [0.15, 0.2) is 47.8 Å². The molecule has 37 heavy (non-hydrogen) atoms. The molecule has 0 atom stereocenters. The fourth-order valence-electron chi connectivity index (χ4n) is 4.31. The highest BCUT2D eigenvalue weighted by Gasteiger charge is 2.26. The lowest BCUT2D eigenvalue weighted by Gasteiger charge is -2.36. The zero-order valence-corrected chi connectivity index (χ0v) is 22.5. The molecule has 0 radical (unpaired) electrons. The number of ether oxygens (including phenoxy) is 2. The molecule has 1 aromatic carbocycles. The second-order valence-corrected chi connectivity index (χ2v) is 10.2. The monoisotopic (exact) mass is 523 g/mol. The summed E-state index contributed by atoms with van der Waals surface area (Å²) in [7, 11) is 3.20. The largest absolute Gasteiger partial charge is 0.493 e. The maximum atomic E-state index is 13.1. The topological polar surface area (TPSA) is 88.1 Å². The molecule has 0 saturated carbocycles. The van der Waals surface area contributed by atoms with Crippen molar-refractivity contribution in [2.24, 2.45) is 5.92 Å². The Hall–Kier alpha value is -3.66. The van der Waals surface area contributed by atoms with E-state index in [1.54, 1.807) is 25.2 Å². The minimum atomic E-state index is -0.0828. The number of nitrogens with zero attached hydrogens (tertiary/aromatic N) is 5. The molecule has 2 aromatic heterocycles. The Kier molecular flexibility index (Phi) is 8.60. The van der Waals surface area contributed by atoms with Gasteiger partial charge in [0.25, 0.3) is 5.91 Å². The number of thiophene rings is 1. The van der Waals surface area contributed by atoms with Gasteiger partial charge in [0.1, 0.15) is 6.54 Å². The molecule has 10 heteroatoms. The van der Waals surface area contributed by atoms with Crippen LogP contribution < -0.4 is 14.4 Å². The Bertz CT molecular complexity index is 1190. The molecular formula is C27H33N5O4S. The second kappa shape index (κ2) is 12.1. The van der Waals surface area contributed by atoms with Gasteiger partial charge in [-0.15, -0.1) is 21.5 Å². The van der Waals surface area contributed by atoms with E-state index >= 15 is 0 Å². The second-order valence-electron chi connectivity index (χ2n) is 9.27. The molecule has 0 N–H and O–H groups in total. The number of piperazine rings is 1. The maximum absolute atomic E-state index is 13.1. The number of rotatable bonds is 9. The number of anilines is 1. The lowest BCUT2D eigenvalue weighted by molar-refractivity contribution is -0.132. The standard InChI is InChI=1S/C27H33N5O4S/c1-19(2)17-32(27(34)24-6-5-15-37-24)18-26(33)31-13-11-30(12-14-31)25-10-8-21(28-29-25)20-7-9-22(35-3)23(16-20)36-4/h5-10,15-16,19H,11-14,17-18H2,1-4H3. The minimum absolute atomic E-state index is 0.0277. The SMILES string of the molecule is COc1ccc(-c2ccc(N3CCN(C(=O)CN(CC(C)C)C(=O)c4cccs4)CC3)nn2)cc1OC. The van der Waals surface area contributed by atoms with Crippen LogP contribution in [0.1, 0.15) is 23.5 Å². The smallest absolute Gasteiger partial charge is 0.264 e. The first-order valence-electron chi connectivity index (χ1n) is 12.3. The first-order chi connectivity index (χ1) is 17.9. The van der Waals surface area contributed by atoms with Crippen molar-refractivity contribution in [1.29, 1.82) is 0 Å². The number of benzene rings is 1. The van der Waals surface area contributed by atoms with Gasteiger partial charge in [0.05, 0.1) is 24.8 Å². The number of carbonyl (C=O) groups excluding carboxylic acids is 2. The highest BCUT2D eigenvalue weighted by Crippen LogP contribution is 2.31. The predicted molar refractivity (Wildman–Crippen MR) is 144 cm³/mol. The zero-order valence-electron chi connectivity index (χ0n) is 21.7. The van der Waals surface area contributed by atoms with Gasteiger partial charge in [-0.2, -0.15) is 0 Å². The quantitative estimate of drug-likeness (QED) is 0.423. The van der Waals surface area contributed by atoms with Gasteiger partial charge < -0.3 is 24.2 Å². The van der Waals surface area contributed by atoms with Crippen molar-refractivity contribution in [1.82, 2.24) is 20.0 Å². The summed E-state index contributed by atoms with van der Waals surface area (Å²) in [6.07, 6.45) is 0. The van der Waals surface area contributed by atoms with Gasteiger partial charge in [0.2, 0.25) is 5.91 Å². The summed E-state index contributed by atoms with van der Waals surface area (Å²) in [6, 6.07) is 13.2. The number of methoxy groups -OCH3 is 2. The Labute approximate surface area is 221 Å². The molecule has 196 valence electrons. The first kappa shape index (κ1) is 26.4. The fourth-order valence-corrected chi connectivity index (χ4v) is 5.00. The van der Waals surface area contributed by atoms with Gasteiger partial charge in [0.15, 0.2) is 17.3 Å². The van der Waals surface area contributed by atoms with Crippen LogP contribution in [0.5, 0.6) is 11.5 Å². The van der Waals surface area contributed by atoms with E-state index in [4.69, 9.17) is 9.47 Å². The summed E-state index contributed by atoms with van der Waals surface area (Å²) >= 11 is 1.40. The van der Waals surface area contributed by atoms with E-state index < -0.39 is 0 Å². The van der Waals surface area contributed by atoms with Gasteiger partial charge in [0, 0.05) is 38.3 Å². The molecule has 0 spiro atoms. The van der Waals surface area contributed by atoms with E-state index in [0.29, 0.717) is 49.1 Å². The fraction of sp³-hybridized carbons (Fsp3) is 0.407. The van der Waals surface area contributed by atoms with Crippen molar-refractivity contribution in [2.75, 3.05) is 58.4 Å². The number of amides is 2. The zero-order chi connectivity index (χ0) is 26.4. The molecule has 0 unspecified atom stereocenters. The lowest BCUT2D eigenvalue weighted by atomic mass is 10.1. The van der Waals surface area contributed by atoms with Crippen molar-refractivity contribution in [3.8, 4) is 22.8 Å². The lowest BCUT2D eigenvalue weighted by Crippen LogP contribution is -2.52. The molecule has 1 aliphatic rings. The highest BCUT2D eigenvalue weighted by atomic mass is 32.1. The molecule has 0 bridgehead atoms. The van der Waals surface area contributed by atoms with Crippen LogP contribution in [0.25, 0.3) is 11.3 Å². The average Bonchev–Trinajstić information content (AvgIpc) is 3.47. The number of aromatic nitrogens is 2. The minimum Gasteiger partial charge on any atom is -0.493 e. The molecule has 9 nitrogen and oxygen atoms in total. The van der Waals surface area contributed by atoms with Gasteiger partial charge >= 0.3 is 0 Å². The molecule has 1 fully saturated rings. The van der Waals surface area contributed by atoms with Gasteiger partial charge in [-0.25, -0.2) is 0 Å². The van der Waals surface area contributed by atoms with Crippen LogP contribution >= 0.6 is 11.3 Å². The van der Waals surface area contributed by atoms with E-state index in [1.807, 2.05) is 46.7 Å². The first-order valence-corrected chi connectivity index (χ1v) is 13.2. The van der Waals surface area contributed by atoms with Crippen LogP contribution in [0.3, 0.4) is 0 Å². The summed E-state index contributed by atoms with van der Waals surface area (Å²) < 4.78 is 10.7. The Morgan fingerprint density at radius 1 is 1.00 bits per heavy atom. The highest BCUT2D eigenvalue weighted by molar-refractivity contribution is 7.12. The van der Waals surface area contributed by atoms with Crippen molar-refractivity contribution < 1.29 is 19.1 Å². The van der Waals surface area contributed by atoms with Crippen LogP contribution in [-0.4, -0.2) is 85.3 Å². The van der Waals surface area contributed by atoms with Crippen LogP contribution in [0.4, 0.5) is 5.82 Å². The van der Waals surface area contributed by atoms with E-state index in [1.165, 1.54) is 11.3 Å². The van der Waals surface area contributed by atoms with E-state index in [2.05, 4.69) is 28.9 Å². The summed E-state index contributed by atoms with van der Waals surface area (Å²) in [6.45, 7) is 7.18. The average molecular weight is 524 g/mol. The molecule has 2 amide bonds. The maximum Gasteiger partial charge on any atom is 0.264 e. The molecule has 1 saturated heterocycles. The third-order valence-electron chi connectivity index (χ3n) is 6.22. The van der Waals surface area contributed by atoms with Crippen LogP contribution in [0, 0.1) is 5.92 Å². The van der Waals surface area contributed by atoms with Crippen molar-refractivity contribution in [3.63, 3.8) is 0 Å². The summed E-state index contributed by atoms with van der Waals surface area (Å²) in [5, 5.41) is 10.7. The Morgan fingerprint density at radius 2 is 1.76 bits per heavy atom. The van der Waals surface area contributed by atoms with Gasteiger partial charge in [-0.05, 0) is 47.7 Å². The summed E-state index contributed by atoms with van der Waals surface area (Å²) in [4.78, 5) is 32.3. The number of hydrogen-bond acceptors (Lipinski definition) is 8. The van der Waals surface area contributed by atoms with Crippen LogP contribution in [0.2, 0.25) is 0 Å². The third kappa shape index (κ3) is 6.37. The van der Waals surface area contributed by atoms with E-state index in [9.17, 15) is 9.59 Å². The molecule has 3 heterocycles. The van der Waals surface area contributed by atoms with Crippen molar-refractivity contribution >= 4 is 29.0 Å². The number of carbonyl (C=O) groups is 2.